The van der Waals surface area contributed by atoms with Gasteiger partial charge in [-0.05, 0) is 37.5 Å². The lowest BCUT2D eigenvalue weighted by atomic mass is 9.98. The van der Waals surface area contributed by atoms with Crippen LogP contribution in [-0.4, -0.2) is 30.1 Å². The highest BCUT2D eigenvalue weighted by Crippen LogP contribution is 2.28. The zero-order valence-electron chi connectivity index (χ0n) is 12.9. The van der Waals surface area contributed by atoms with E-state index in [-0.39, 0.29) is 0 Å². The van der Waals surface area contributed by atoms with Crippen LogP contribution in [0.1, 0.15) is 51.6 Å². The molecule has 0 aromatic heterocycles. The SMILES string of the molecule is CCCC1CN(C(C)c2cccc(Br)c2)C(CC)CN1. The molecule has 1 saturated heterocycles. The first kappa shape index (κ1) is 16.0. The average molecular weight is 339 g/mol. The van der Waals surface area contributed by atoms with Crippen LogP contribution in [0.2, 0.25) is 0 Å². The van der Waals surface area contributed by atoms with Crippen LogP contribution in [0, 0.1) is 0 Å². The highest BCUT2D eigenvalue weighted by molar-refractivity contribution is 9.10. The standard InChI is InChI=1S/C17H27BrN2/c1-4-7-16-12-20(17(5-2)11-19-16)13(3)14-8-6-9-15(18)10-14/h6,8-10,13,16-17,19H,4-5,7,11-12H2,1-3H3. The summed E-state index contributed by atoms with van der Waals surface area (Å²) >= 11 is 3.59. The van der Waals surface area contributed by atoms with Crippen molar-refractivity contribution in [3.63, 3.8) is 0 Å². The van der Waals surface area contributed by atoms with Crippen molar-refractivity contribution in [3.8, 4) is 0 Å². The quantitative estimate of drug-likeness (QED) is 0.857. The summed E-state index contributed by atoms with van der Waals surface area (Å²) in [6.45, 7) is 9.21. The molecule has 0 aliphatic carbocycles. The fourth-order valence-corrected chi connectivity index (χ4v) is 3.66. The van der Waals surface area contributed by atoms with Crippen molar-refractivity contribution in [1.82, 2.24) is 10.2 Å². The maximum Gasteiger partial charge on any atom is 0.0324 e. The molecule has 1 N–H and O–H groups in total. The third-order valence-electron chi connectivity index (χ3n) is 4.48. The normalized spacial score (nSPS) is 25.6. The van der Waals surface area contributed by atoms with Gasteiger partial charge in [0.05, 0.1) is 0 Å². The molecule has 1 fully saturated rings. The summed E-state index contributed by atoms with van der Waals surface area (Å²) in [4.78, 5) is 2.69. The van der Waals surface area contributed by atoms with Gasteiger partial charge in [-0.15, -0.1) is 0 Å². The molecule has 112 valence electrons. The van der Waals surface area contributed by atoms with E-state index in [0.717, 1.165) is 6.54 Å². The van der Waals surface area contributed by atoms with Crippen molar-refractivity contribution in [3.05, 3.63) is 34.3 Å². The fraction of sp³-hybridized carbons (Fsp3) is 0.647. The molecule has 3 unspecified atom stereocenters. The Kier molecular flexibility index (Phi) is 6.06. The molecule has 1 aliphatic rings. The number of hydrogen-bond acceptors (Lipinski definition) is 2. The van der Waals surface area contributed by atoms with E-state index in [1.54, 1.807) is 0 Å². The van der Waals surface area contributed by atoms with E-state index in [4.69, 9.17) is 0 Å². The summed E-state index contributed by atoms with van der Waals surface area (Å²) in [6, 6.07) is 10.5. The van der Waals surface area contributed by atoms with Crippen molar-refractivity contribution in [2.24, 2.45) is 0 Å². The lowest BCUT2D eigenvalue weighted by Crippen LogP contribution is -2.56. The number of halogens is 1. The first-order chi connectivity index (χ1) is 9.65. The number of piperazine rings is 1. The van der Waals surface area contributed by atoms with E-state index in [2.05, 4.69) is 71.2 Å². The lowest BCUT2D eigenvalue weighted by Gasteiger charge is -2.43. The number of hydrogen-bond donors (Lipinski definition) is 1. The molecule has 0 radical (unpaired) electrons. The Morgan fingerprint density at radius 3 is 2.85 bits per heavy atom. The van der Waals surface area contributed by atoms with Gasteiger partial charge in [0.15, 0.2) is 0 Å². The molecule has 1 aromatic carbocycles. The molecule has 3 heteroatoms. The molecular formula is C17H27BrN2. The predicted molar refractivity (Wildman–Crippen MR) is 90.0 cm³/mol. The van der Waals surface area contributed by atoms with E-state index in [9.17, 15) is 0 Å². The van der Waals surface area contributed by atoms with Gasteiger partial charge in [-0.3, -0.25) is 4.90 Å². The summed E-state index contributed by atoms with van der Waals surface area (Å²) < 4.78 is 1.18. The van der Waals surface area contributed by atoms with E-state index in [1.165, 1.54) is 35.8 Å². The Morgan fingerprint density at radius 2 is 2.20 bits per heavy atom. The molecule has 0 amide bonds. The monoisotopic (exact) mass is 338 g/mol. The topological polar surface area (TPSA) is 15.3 Å². The third kappa shape index (κ3) is 3.84. The van der Waals surface area contributed by atoms with E-state index >= 15 is 0 Å². The molecular weight excluding hydrogens is 312 g/mol. The molecule has 20 heavy (non-hydrogen) atoms. The zero-order chi connectivity index (χ0) is 14.5. The van der Waals surface area contributed by atoms with Crippen molar-refractivity contribution in [2.75, 3.05) is 13.1 Å². The van der Waals surface area contributed by atoms with Crippen molar-refractivity contribution in [1.29, 1.82) is 0 Å². The lowest BCUT2D eigenvalue weighted by molar-refractivity contribution is 0.0835. The Hall–Kier alpha value is -0.380. The van der Waals surface area contributed by atoms with Gasteiger partial charge in [-0.25, -0.2) is 0 Å². The first-order valence-corrected chi connectivity index (χ1v) is 8.69. The minimum atomic E-state index is 0.485. The van der Waals surface area contributed by atoms with Crippen LogP contribution in [0.15, 0.2) is 28.7 Å². The van der Waals surface area contributed by atoms with Gasteiger partial charge in [0, 0.05) is 35.7 Å². The first-order valence-electron chi connectivity index (χ1n) is 7.90. The average Bonchev–Trinajstić information content (AvgIpc) is 2.47. The number of rotatable bonds is 5. The Bertz CT molecular complexity index is 421. The van der Waals surface area contributed by atoms with Gasteiger partial charge in [0.25, 0.3) is 0 Å². The Morgan fingerprint density at radius 1 is 1.40 bits per heavy atom. The van der Waals surface area contributed by atoms with Crippen molar-refractivity contribution < 1.29 is 0 Å². The largest absolute Gasteiger partial charge is 0.311 e. The predicted octanol–water partition coefficient (Wildman–Crippen LogP) is 4.36. The molecule has 0 spiro atoms. The van der Waals surface area contributed by atoms with Gasteiger partial charge in [0.1, 0.15) is 0 Å². The van der Waals surface area contributed by atoms with E-state index in [1.807, 2.05) is 0 Å². The van der Waals surface area contributed by atoms with Crippen LogP contribution >= 0.6 is 15.9 Å². The van der Waals surface area contributed by atoms with Crippen molar-refractivity contribution in [2.45, 2.75) is 58.2 Å². The van der Waals surface area contributed by atoms with Gasteiger partial charge < -0.3 is 5.32 Å². The number of benzene rings is 1. The molecule has 2 nitrogen and oxygen atoms in total. The summed E-state index contributed by atoms with van der Waals surface area (Å²) in [5.41, 5.74) is 1.41. The summed E-state index contributed by atoms with van der Waals surface area (Å²) in [6.07, 6.45) is 3.75. The van der Waals surface area contributed by atoms with Crippen molar-refractivity contribution >= 4 is 15.9 Å². The van der Waals surface area contributed by atoms with E-state index in [0.29, 0.717) is 18.1 Å². The second-order valence-electron chi connectivity index (χ2n) is 5.88. The maximum atomic E-state index is 3.72. The van der Waals surface area contributed by atoms with Crippen LogP contribution in [-0.2, 0) is 0 Å². The van der Waals surface area contributed by atoms with Gasteiger partial charge in [-0.2, -0.15) is 0 Å². The molecule has 0 saturated carbocycles. The smallest absolute Gasteiger partial charge is 0.0324 e. The van der Waals surface area contributed by atoms with E-state index < -0.39 is 0 Å². The van der Waals surface area contributed by atoms with Gasteiger partial charge in [0.2, 0.25) is 0 Å². The Labute approximate surface area is 132 Å². The number of nitrogens with zero attached hydrogens (tertiary/aromatic N) is 1. The van der Waals surface area contributed by atoms with Gasteiger partial charge >= 0.3 is 0 Å². The van der Waals surface area contributed by atoms with Crippen LogP contribution < -0.4 is 5.32 Å². The van der Waals surface area contributed by atoms with Crippen LogP contribution in [0.4, 0.5) is 0 Å². The highest BCUT2D eigenvalue weighted by Gasteiger charge is 2.30. The Balaban J connectivity index is 2.13. The molecule has 3 atom stereocenters. The second kappa shape index (κ2) is 7.58. The summed E-state index contributed by atoms with van der Waals surface area (Å²) in [5, 5.41) is 3.72. The molecule has 2 rings (SSSR count). The minimum absolute atomic E-state index is 0.485. The highest BCUT2D eigenvalue weighted by atomic mass is 79.9. The zero-order valence-corrected chi connectivity index (χ0v) is 14.5. The van der Waals surface area contributed by atoms with Crippen LogP contribution in [0.25, 0.3) is 0 Å². The molecule has 1 heterocycles. The molecule has 0 bridgehead atoms. The van der Waals surface area contributed by atoms with Crippen LogP contribution in [0.5, 0.6) is 0 Å². The summed E-state index contributed by atoms with van der Waals surface area (Å²) in [5.74, 6) is 0. The number of nitrogens with one attached hydrogen (secondary N) is 1. The second-order valence-corrected chi connectivity index (χ2v) is 6.80. The van der Waals surface area contributed by atoms with Gasteiger partial charge in [-0.1, -0.05) is 48.3 Å². The third-order valence-corrected chi connectivity index (χ3v) is 4.97. The maximum absolute atomic E-state index is 3.72. The van der Waals surface area contributed by atoms with Crippen LogP contribution in [0.3, 0.4) is 0 Å². The minimum Gasteiger partial charge on any atom is -0.311 e. The molecule has 1 aliphatic heterocycles. The molecule has 1 aromatic rings. The fourth-order valence-electron chi connectivity index (χ4n) is 3.24. The summed E-state index contributed by atoms with van der Waals surface area (Å²) in [7, 11) is 0.